The monoisotopic (exact) mass is 254 g/mol. The van der Waals surface area contributed by atoms with Gasteiger partial charge in [0.05, 0.1) is 18.7 Å². The molecule has 0 aromatic carbocycles. The van der Waals surface area contributed by atoms with Crippen molar-refractivity contribution in [3.8, 4) is 0 Å². The van der Waals surface area contributed by atoms with Crippen molar-refractivity contribution in [2.24, 2.45) is 11.7 Å². The minimum Gasteiger partial charge on any atom is -0.467 e. The van der Waals surface area contributed by atoms with E-state index in [2.05, 4.69) is 19.2 Å². The van der Waals surface area contributed by atoms with Crippen LogP contribution in [0.5, 0.6) is 0 Å². The zero-order valence-corrected chi connectivity index (χ0v) is 11.1. The summed E-state index contributed by atoms with van der Waals surface area (Å²) in [6.07, 6.45) is 2.45. The Bertz CT molecular complexity index is 361. The Labute approximate surface area is 108 Å². The van der Waals surface area contributed by atoms with Crippen molar-refractivity contribution >= 4 is 5.91 Å². The number of nitrogens with two attached hydrogens (primary N) is 1. The van der Waals surface area contributed by atoms with Gasteiger partial charge in [-0.3, -0.25) is 4.79 Å². The summed E-state index contributed by atoms with van der Waals surface area (Å²) in [6, 6.07) is 1.65. The van der Waals surface area contributed by atoms with Gasteiger partial charge in [0, 0.05) is 13.2 Å². The fourth-order valence-electron chi connectivity index (χ4n) is 1.37. The number of carbonyl (C=O) groups excluding carboxylic acids is 1. The van der Waals surface area contributed by atoms with Crippen LogP contribution in [0.15, 0.2) is 16.7 Å². The smallest absolute Gasteiger partial charge is 0.254 e. The molecule has 5 heteroatoms. The Morgan fingerprint density at radius 3 is 2.89 bits per heavy atom. The molecular formula is C13H22N2O3. The Hall–Kier alpha value is -1.33. The van der Waals surface area contributed by atoms with Crippen LogP contribution >= 0.6 is 0 Å². The number of amides is 1. The van der Waals surface area contributed by atoms with Gasteiger partial charge < -0.3 is 20.2 Å². The number of rotatable bonds is 8. The van der Waals surface area contributed by atoms with Gasteiger partial charge in [-0.15, -0.1) is 0 Å². The van der Waals surface area contributed by atoms with E-state index < -0.39 is 0 Å². The molecule has 0 bridgehead atoms. The van der Waals surface area contributed by atoms with Crippen LogP contribution < -0.4 is 11.1 Å². The lowest BCUT2D eigenvalue weighted by molar-refractivity contribution is 0.0905. The molecule has 1 rings (SSSR count). The Morgan fingerprint density at radius 2 is 2.28 bits per heavy atom. The lowest BCUT2D eigenvalue weighted by Crippen LogP contribution is -2.27. The van der Waals surface area contributed by atoms with Crippen LogP contribution in [0.3, 0.4) is 0 Å². The van der Waals surface area contributed by atoms with Gasteiger partial charge in [0.15, 0.2) is 0 Å². The summed E-state index contributed by atoms with van der Waals surface area (Å²) < 4.78 is 10.5. The molecule has 0 radical (unpaired) electrons. The molecule has 0 saturated heterocycles. The van der Waals surface area contributed by atoms with Crippen molar-refractivity contribution in [1.82, 2.24) is 5.32 Å². The van der Waals surface area contributed by atoms with Crippen LogP contribution in [0.4, 0.5) is 0 Å². The standard InChI is InChI=1S/C13H22N2O3/c1-10(2)3-5-17-6-4-15-13(16)11-7-12(8-14)18-9-11/h7,9-10H,3-6,8,14H2,1-2H3,(H,15,16). The average Bonchev–Trinajstić information content (AvgIpc) is 2.81. The lowest BCUT2D eigenvalue weighted by Gasteiger charge is -2.07. The summed E-state index contributed by atoms with van der Waals surface area (Å²) >= 11 is 0. The second-order valence-electron chi connectivity index (χ2n) is 4.56. The molecule has 0 saturated carbocycles. The molecule has 102 valence electrons. The van der Waals surface area contributed by atoms with Gasteiger partial charge in [0.25, 0.3) is 5.91 Å². The van der Waals surface area contributed by atoms with Crippen LogP contribution in [0, 0.1) is 5.92 Å². The number of nitrogens with one attached hydrogen (secondary N) is 1. The number of ether oxygens (including phenoxy) is 1. The third-order valence-corrected chi connectivity index (χ3v) is 2.49. The topological polar surface area (TPSA) is 77.5 Å². The summed E-state index contributed by atoms with van der Waals surface area (Å²) in [5.74, 6) is 1.08. The van der Waals surface area contributed by atoms with E-state index >= 15 is 0 Å². The summed E-state index contributed by atoms with van der Waals surface area (Å²) in [4.78, 5) is 11.6. The maximum atomic E-state index is 11.6. The van der Waals surface area contributed by atoms with E-state index in [1.807, 2.05) is 0 Å². The molecule has 0 aliphatic rings. The molecule has 5 nitrogen and oxygen atoms in total. The predicted octanol–water partition coefficient (Wildman–Crippen LogP) is 1.53. The molecule has 0 aliphatic carbocycles. The Morgan fingerprint density at radius 1 is 1.50 bits per heavy atom. The van der Waals surface area contributed by atoms with Gasteiger partial charge in [-0.1, -0.05) is 13.8 Å². The van der Waals surface area contributed by atoms with Crippen LogP contribution in [-0.4, -0.2) is 25.7 Å². The number of hydrogen-bond acceptors (Lipinski definition) is 4. The highest BCUT2D eigenvalue weighted by molar-refractivity contribution is 5.93. The zero-order valence-electron chi connectivity index (χ0n) is 11.1. The van der Waals surface area contributed by atoms with Gasteiger partial charge in [0.1, 0.15) is 12.0 Å². The van der Waals surface area contributed by atoms with Crippen LogP contribution in [0.25, 0.3) is 0 Å². The normalized spacial score (nSPS) is 10.9. The summed E-state index contributed by atoms with van der Waals surface area (Å²) in [6.45, 7) is 6.36. The SMILES string of the molecule is CC(C)CCOCCNC(=O)c1coc(CN)c1. The molecule has 18 heavy (non-hydrogen) atoms. The van der Waals surface area contributed by atoms with E-state index in [4.69, 9.17) is 14.9 Å². The van der Waals surface area contributed by atoms with Crippen molar-refractivity contribution in [3.63, 3.8) is 0 Å². The van der Waals surface area contributed by atoms with Crippen molar-refractivity contribution in [2.45, 2.75) is 26.8 Å². The fourth-order valence-corrected chi connectivity index (χ4v) is 1.37. The van der Waals surface area contributed by atoms with Crippen LogP contribution in [-0.2, 0) is 11.3 Å². The molecule has 0 unspecified atom stereocenters. The number of carbonyl (C=O) groups is 1. The third-order valence-electron chi connectivity index (χ3n) is 2.49. The van der Waals surface area contributed by atoms with E-state index in [0.717, 1.165) is 13.0 Å². The van der Waals surface area contributed by atoms with Gasteiger partial charge >= 0.3 is 0 Å². The molecule has 1 aromatic heterocycles. The maximum Gasteiger partial charge on any atom is 0.254 e. The first-order valence-corrected chi connectivity index (χ1v) is 6.27. The molecule has 1 heterocycles. The molecule has 0 aliphatic heterocycles. The first-order valence-electron chi connectivity index (χ1n) is 6.27. The lowest BCUT2D eigenvalue weighted by atomic mass is 10.1. The molecule has 1 amide bonds. The highest BCUT2D eigenvalue weighted by Crippen LogP contribution is 2.06. The highest BCUT2D eigenvalue weighted by Gasteiger charge is 2.08. The Kier molecular flexibility index (Phi) is 6.46. The predicted molar refractivity (Wildman–Crippen MR) is 69.2 cm³/mol. The number of furan rings is 1. The van der Waals surface area contributed by atoms with Gasteiger partial charge in [0.2, 0.25) is 0 Å². The molecule has 3 N–H and O–H groups in total. The minimum absolute atomic E-state index is 0.161. The first-order chi connectivity index (χ1) is 8.63. The summed E-state index contributed by atoms with van der Waals surface area (Å²) in [5.41, 5.74) is 5.89. The quantitative estimate of drug-likeness (QED) is 0.690. The van der Waals surface area contributed by atoms with Crippen LogP contribution in [0.2, 0.25) is 0 Å². The Balaban J connectivity index is 2.13. The van der Waals surface area contributed by atoms with Crippen LogP contribution in [0.1, 0.15) is 36.4 Å². The van der Waals surface area contributed by atoms with Gasteiger partial charge in [-0.2, -0.15) is 0 Å². The van der Waals surface area contributed by atoms with Crippen molar-refractivity contribution in [2.75, 3.05) is 19.8 Å². The molecule has 0 atom stereocenters. The maximum absolute atomic E-state index is 11.6. The van der Waals surface area contributed by atoms with Gasteiger partial charge in [-0.05, 0) is 18.4 Å². The van der Waals surface area contributed by atoms with E-state index in [-0.39, 0.29) is 5.91 Å². The average molecular weight is 254 g/mol. The van der Waals surface area contributed by atoms with E-state index in [1.54, 1.807) is 6.07 Å². The van der Waals surface area contributed by atoms with Crippen molar-refractivity contribution in [3.05, 3.63) is 23.7 Å². The third kappa shape index (κ3) is 5.33. The van der Waals surface area contributed by atoms with Crippen molar-refractivity contribution < 1.29 is 13.9 Å². The van der Waals surface area contributed by atoms with E-state index in [0.29, 0.717) is 36.9 Å². The summed E-state index contributed by atoms with van der Waals surface area (Å²) in [5, 5.41) is 2.76. The van der Waals surface area contributed by atoms with Crippen molar-refractivity contribution in [1.29, 1.82) is 0 Å². The minimum atomic E-state index is -0.161. The first kappa shape index (κ1) is 14.7. The molecule has 0 fully saturated rings. The molecular weight excluding hydrogens is 232 g/mol. The zero-order chi connectivity index (χ0) is 13.4. The highest BCUT2D eigenvalue weighted by atomic mass is 16.5. The van der Waals surface area contributed by atoms with E-state index in [9.17, 15) is 4.79 Å². The fraction of sp³-hybridized carbons (Fsp3) is 0.615. The molecule has 0 spiro atoms. The second-order valence-corrected chi connectivity index (χ2v) is 4.56. The van der Waals surface area contributed by atoms with Gasteiger partial charge in [-0.25, -0.2) is 0 Å². The largest absolute Gasteiger partial charge is 0.467 e. The molecule has 1 aromatic rings. The number of hydrogen-bond donors (Lipinski definition) is 2. The second kappa shape index (κ2) is 7.89. The van der Waals surface area contributed by atoms with E-state index in [1.165, 1.54) is 6.26 Å². The summed E-state index contributed by atoms with van der Waals surface area (Å²) in [7, 11) is 0.